The Hall–Kier alpha value is -2.32. The molecule has 4 heterocycles. The van der Waals surface area contributed by atoms with E-state index >= 15 is 0 Å². The van der Waals surface area contributed by atoms with E-state index in [9.17, 15) is 4.79 Å². The van der Waals surface area contributed by atoms with Gasteiger partial charge in [0.2, 0.25) is 5.88 Å². The Morgan fingerprint density at radius 2 is 2.18 bits per heavy atom. The summed E-state index contributed by atoms with van der Waals surface area (Å²) in [5, 5.41) is 2.99. The Bertz CT molecular complexity index is 808. The van der Waals surface area contributed by atoms with Crippen molar-refractivity contribution in [2.24, 2.45) is 0 Å². The fourth-order valence-corrected chi connectivity index (χ4v) is 4.39. The Balaban J connectivity index is 1.39. The molecule has 2 aliphatic heterocycles. The number of thioether (sulfide) groups is 1. The molecule has 2 fully saturated rings. The fourth-order valence-electron chi connectivity index (χ4n) is 3.30. The van der Waals surface area contributed by atoms with Gasteiger partial charge in [-0.05, 0) is 24.3 Å². The van der Waals surface area contributed by atoms with Gasteiger partial charge in [0.05, 0.1) is 13.2 Å². The Morgan fingerprint density at radius 3 is 3.00 bits per heavy atom. The molecule has 4 rings (SSSR count). The van der Waals surface area contributed by atoms with Gasteiger partial charge in [-0.1, -0.05) is 6.07 Å². The van der Waals surface area contributed by atoms with Crippen LogP contribution in [-0.2, 0) is 11.3 Å². The molecule has 0 aliphatic carbocycles. The minimum atomic E-state index is -0.148. The Labute approximate surface area is 168 Å². The molecule has 2 aromatic heterocycles. The highest BCUT2D eigenvalue weighted by molar-refractivity contribution is 7.99. The molecule has 0 saturated carbocycles. The zero-order valence-electron chi connectivity index (χ0n) is 15.7. The second-order valence-corrected chi connectivity index (χ2v) is 7.90. The molecule has 1 amide bonds. The number of hydrogen-bond acceptors (Lipinski definition) is 7. The molecule has 2 aromatic rings. The number of morpholine rings is 1. The second kappa shape index (κ2) is 9.25. The van der Waals surface area contributed by atoms with Gasteiger partial charge in [0.1, 0.15) is 11.9 Å². The Kier molecular flexibility index (Phi) is 6.28. The molecule has 0 bridgehead atoms. The van der Waals surface area contributed by atoms with Crippen LogP contribution in [0, 0.1) is 0 Å². The third kappa shape index (κ3) is 4.74. The maximum absolute atomic E-state index is 12.6. The summed E-state index contributed by atoms with van der Waals surface area (Å²) in [5.74, 6) is 3.36. The number of nitrogens with one attached hydrogen (secondary N) is 1. The summed E-state index contributed by atoms with van der Waals surface area (Å²) in [6.45, 7) is 3.42. The first kappa shape index (κ1) is 19.0. The van der Waals surface area contributed by atoms with Crippen molar-refractivity contribution in [1.82, 2.24) is 15.3 Å². The van der Waals surface area contributed by atoms with Crippen molar-refractivity contribution in [3.8, 4) is 5.88 Å². The van der Waals surface area contributed by atoms with E-state index < -0.39 is 0 Å². The van der Waals surface area contributed by atoms with E-state index in [4.69, 9.17) is 9.47 Å². The van der Waals surface area contributed by atoms with Crippen LogP contribution in [0.15, 0.2) is 36.7 Å². The van der Waals surface area contributed by atoms with Crippen LogP contribution in [0.25, 0.3) is 0 Å². The largest absolute Gasteiger partial charge is 0.473 e. The van der Waals surface area contributed by atoms with Gasteiger partial charge < -0.3 is 19.7 Å². The number of carbonyl (C=O) groups is 1. The van der Waals surface area contributed by atoms with Gasteiger partial charge in [0.25, 0.3) is 5.91 Å². The van der Waals surface area contributed by atoms with Gasteiger partial charge in [-0.15, -0.1) is 0 Å². The molecular weight excluding hydrogens is 376 g/mol. The lowest BCUT2D eigenvalue weighted by Gasteiger charge is -2.29. The van der Waals surface area contributed by atoms with Crippen molar-refractivity contribution < 1.29 is 14.3 Å². The standard InChI is InChI=1S/C20H24N4O3S/c25-20(15-3-6-21-18(12-15)27-17-4-11-28-14-17)23-13-16-2-1-5-22-19(16)24-7-9-26-10-8-24/h1-3,5-6,12,17H,4,7-11,13-14H2,(H,23,25). The van der Waals surface area contributed by atoms with Crippen LogP contribution in [0.4, 0.5) is 5.82 Å². The molecule has 2 aliphatic rings. The number of ether oxygens (including phenoxy) is 2. The molecule has 0 spiro atoms. The van der Waals surface area contributed by atoms with E-state index in [2.05, 4.69) is 20.2 Å². The second-order valence-electron chi connectivity index (χ2n) is 6.75. The number of amides is 1. The van der Waals surface area contributed by atoms with Gasteiger partial charge in [-0.3, -0.25) is 4.79 Å². The van der Waals surface area contributed by atoms with Crippen LogP contribution in [0.5, 0.6) is 5.88 Å². The lowest BCUT2D eigenvalue weighted by Crippen LogP contribution is -2.37. The number of rotatable bonds is 6. The maximum atomic E-state index is 12.6. The zero-order chi connectivity index (χ0) is 19.2. The molecule has 2 saturated heterocycles. The first-order valence-corrected chi connectivity index (χ1v) is 10.7. The number of carbonyl (C=O) groups excluding carboxylic acids is 1. The van der Waals surface area contributed by atoms with E-state index in [1.165, 1.54) is 0 Å². The average molecular weight is 401 g/mol. The van der Waals surface area contributed by atoms with Crippen molar-refractivity contribution in [1.29, 1.82) is 0 Å². The topological polar surface area (TPSA) is 76.6 Å². The quantitative estimate of drug-likeness (QED) is 0.796. The van der Waals surface area contributed by atoms with Gasteiger partial charge in [0, 0.05) is 55.0 Å². The zero-order valence-corrected chi connectivity index (χ0v) is 16.5. The van der Waals surface area contributed by atoms with Gasteiger partial charge in [-0.25, -0.2) is 9.97 Å². The predicted molar refractivity (Wildman–Crippen MR) is 109 cm³/mol. The van der Waals surface area contributed by atoms with E-state index in [1.807, 2.05) is 23.9 Å². The first-order valence-electron chi connectivity index (χ1n) is 9.55. The van der Waals surface area contributed by atoms with Crippen LogP contribution in [-0.4, -0.2) is 59.8 Å². The summed E-state index contributed by atoms with van der Waals surface area (Å²) in [6.07, 6.45) is 4.61. The molecular formula is C20H24N4O3S. The van der Waals surface area contributed by atoms with E-state index in [0.717, 1.165) is 42.4 Å². The summed E-state index contributed by atoms with van der Waals surface area (Å²) in [4.78, 5) is 23.6. The lowest BCUT2D eigenvalue weighted by atomic mass is 10.2. The summed E-state index contributed by atoms with van der Waals surface area (Å²) < 4.78 is 11.3. The number of aromatic nitrogens is 2. The number of nitrogens with zero attached hydrogens (tertiary/aromatic N) is 3. The lowest BCUT2D eigenvalue weighted by molar-refractivity contribution is 0.0949. The molecule has 1 unspecified atom stereocenters. The minimum Gasteiger partial charge on any atom is -0.473 e. The van der Waals surface area contributed by atoms with Crippen molar-refractivity contribution in [2.75, 3.05) is 42.7 Å². The van der Waals surface area contributed by atoms with E-state index in [-0.39, 0.29) is 12.0 Å². The molecule has 0 radical (unpaired) electrons. The van der Waals surface area contributed by atoms with E-state index in [0.29, 0.717) is 31.2 Å². The predicted octanol–water partition coefficient (Wildman–Crippen LogP) is 2.13. The molecule has 28 heavy (non-hydrogen) atoms. The smallest absolute Gasteiger partial charge is 0.251 e. The fraction of sp³-hybridized carbons (Fsp3) is 0.450. The summed E-state index contributed by atoms with van der Waals surface area (Å²) in [5.41, 5.74) is 1.54. The van der Waals surface area contributed by atoms with Crippen molar-refractivity contribution in [2.45, 2.75) is 19.1 Å². The third-order valence-electron chi connectivity index (χ3n) is 4.79. The van der Waals surface area contributed by atoms with Crippen LogP contribution < -0.4 is 15.0 Å². The van der Waals surface area contributed by atoms with Gasteiger partial charge in [0.15, 0.2) is 0 Å². The highest BCUT2D eigenvalue weighted by Crippen LogP contribution is 2.22. The van der Waals surface area contributed by atoms with E-state index in [1.54, 1.807) is 24.5 Å². The molecule has 148 valence electrons. The molecule has 7 nitrogen and oxygen atoms in total. The number of hydrogen-bond donors (Lipinski definition) is 1. The highest BCUT2D eigenvalue weighted by Gasteiger charge is 2.19. The summed E-state index contributed by atoms with van der Waals surface area (Å²) in [7, 11) is 0. The highest BCUT2D eigenvalue weighted by atomic mass is 32.2. The average Bonchev–Trinajstić information content (AvgIpc) is 3.26. The van der Waals surface area contributed by atoms with Crippen LogP contribution in [0.2, 0.25) is 0 Å². The molecule has 0 aromatic carbocycles. The minimum absolute atomic E-state index is 0.148. The third-order valence-corrected chi connectivity index (χ3v) is 5.92. The van der Waals surface area contributed by atoms with Crippen molar-refractivity contribution in [3.63, 3.8) is 0 Å². The number of anilines is 1. The molecule has 1 N–H and O–H groups in total. The Morgan fingerprint density at radius 1 is 1.29 bits per heavy atom. The van der Waals surface area contributed by atoms with Crippen LogP contribution in [0.1, 0.15) is 22.3 Å². The van der Waals surface area contributed by atoms with Crippen molar-refractivity contribution >= 4 is 23.5 Å². The normalized spacial score (nSPS) is 19.4. The molecule has 1 atom stereocenters. The number of pyridine rings is 2. The van der Waals surface area contributed by atoms with Crippen molar-refractivity contribution in [3.05, 3.63) is 47.8 Å². The summed E-state index contributed by atoms with van der Waals surface area (Å²) >= 11 is 1.88. The van der Waals surface area contributed by atoms with Gasteiger partial charge >= 0.3 is 0 Å². The monoisotopic (exact) mass is 400 g/mol. The summed E-state index contributed by atoms with van der Waals surface area (Å²) in [6, 6.07) is 7.31. The van der Waals surface area contributed by atoms with Crippen LogP contribution in [0.3, 0.4) is 0 Å². The SMILES string of the molecule is O=C(NCc1cccnc1N1CCOCC1)c1ccnc(OC2CCSC2)c1. The van der Waals surface area contributed by atoms with Gasteiger partial charge in [-0.2, -0.15) is 11.8 Å². The van der Waals surface area contributed by atoms with Crippen LogP contribution >= 0.6 is 11.8 Å². The maximum Gasteiger partial charge on any atom is 0.251 e. The first-order chi connectivity index (χ1) is 13.8. The molecule has 8 heteroatoms.